The van der Waals surface area contributed by atoms with Crippen molar-refractivity contribution in [2.75, 3.05) is 5.43 Å². The molecule has 8 heteroatoms. The van der Waals surface area contributed by atoms with Gasteiger partial charge in [-0.1, -0.05) is 29.8 Å². The number of phenolic OH excluding ortho intramolecular Hbond substituents is 1. The quantitative estimate of drug-likeness (QED) is 0.278. The van der Waals surface area contributed by atoms with Crippen LogP contribution < -0.4 is 5.43 Å². The van der Waals surface area contributed by atoms with E-state index < -0.39 is 4.92 Å². The highest BCUT2D eigenvalue weighted by molar-refractivity contribution is 9.10. The number of anilines is 1. The summed E-state index contributed by atoms with van der Waals surface area (Å²) < 4.78 is 0.550. The lowest BCUT2D eigenvalue weighted by atomic mass is 10.0. The highest BCUT2D eigenvalue weighted by atomic mass is 79.9. The number of non-ortho nitro benzene ring substituents is 1. The molecule has 3 rings (SSSR count). The van der Waals surface area contributed by atoms with Crippen LogP contribution in [-0.4, -0.2) is 16.2 Å². The molecule has 0 atom stereocenters. The molecule has 28 heavy (non-hydrogen) atoms. The number of aromatic hydroxyl groups is 1. The summed E-state index contributed by atoms with van der Waals surface area (Å²) in [7, 11) is 0. The van der Waals surface area contributed by atoms with Gasteiger partial charge in [0.05, 0.1) is 21.3 Å². The molecule has 6 nitrogen and oxygen atoms in total. The summed E-state index contributed by atoms with van der Waals surface area (Å²) in [5.41, 5.74) is 5.83. The van der Waals surface area contributed by atoms with Crippen molar-refractivity contribution >= 4 is 45.1 Å². The Morgan fingerprint density at radius 2 is 1.89 bits per heavy atom. The minimum Gasteiger partial charge on any atom is -0.506 e. The fourth-order valence-electron chi connectivity index (χ4n) is 2.57. The molecule has 0 amide bonds. The van der Waals surface area contributed by atoms with E-state index in [1.165, 1.54) is 18.3 Å². The summed E-state index contributed by atoms with van der Waals surface area (Å²) in [4.78, 5) is 10.2. The topological polar surface area (TPSA) is 87.8 Å². The van der Waals surface area contributed by atoms with Crippen LogP contribution in [0.4, 0.5) is 11.4 Å². The summed E-state index contributed by atoms with van der Waals surface area (Å²) in [6, 6.07) is 17.1. The third kappa shape index (κ3) is 4.88. The van der Waals surface area contributed by atoms with Gasteiger partial charge in [0.2, 0.25) is 0 Å². The molecule has 0 heterocycles. The third-order valence-corrected chi connectivity index (χ3v) is 4.95. The van der Waals surface area contributed by atoms with Crippen LogP contribution in [0.5, 0.6) is 5.75 Å². The van der Waals surface area contributed by atoms with Crippen LogP contribution in [0.2, 0.25) is 5.02 Å². The zero-order chi connectivity index (χ0) is 20.1. The second-order valence-electron chi connectivity index (χ2n) is 5.96. The molecular formula is C20H15BrClN3O3. The molecule has 0 unspecified atom stereocenters. The van der Waals surface area contributed by atoms with Gasteiger partial charge in [0, 0.05) is 22.7 Å². The largest absolute Gasteiger partial charge is 0.506 e. The first-order chi connectivity index (χ1) is 13.4. The molecule has 2 N–H and O–H groups in total. The van der Waals surface area contributed by atoms with Crippen LogP contribution in [0.3, 0.4) is 0 Å². The third-order valence-electron chi connectivity index (χ3n) is 3.98. The highest BCUT2D eigenvalue weighted by Gasteiger charge is 2.09. The Morgan fingerprint density at radius 3 is 2.57 bits per heavy atom. The van der Waals surface area contributed by atoms with E-state index in [0.717, 1.165) is 11.1 Å². The Bertz CT molecular complexity index is 1040. The molecule has 3 aromatic carbocycles. The van der Waals surface area contributed by atoms with Crippen molar-refractivity contribution in [1.82, 2.24) is 0 Å². The number of phenols is 1. The van der Waals surface area contributed by atoms with Crippen molar-refractivity contribution in [2.45, 2.75) is 6.42 Å². The fourth-order valence-corrected chi connectivity index (χ4v) is 3.30. The standard InChI is InChI=1S/C20H15BrClN3O3/c21-18-11-13(9-14-3-1-2-4-19(14)22)10-15(20(18)26)12-23-24-16-5-7-17(8-6-16)25(27)28/h1-8,10-12,24,26H,9H2. The summed E-state index contributed by atoms with van der Waals surface area (Å²) >= 11 is 9.59. The monoisotopic (exact) mass is 459 g/mol. The molecule has 142 valence electrons. The fraction of sp³-hybridized carbons (Fsp3) is 0.0500. The molecular weight excluding hydrogens is 446 g/mol. The van der Waals surface area contributed by atoms with Gasteiger partial charge in [-0.25, -0.2) is 0 Å². The van der Waals surface area contributed by atoms with Crippen molar-refractivity contribution in [3.05, 3.63) is 97.0 Å². The molecule has 0 aromatic heterocycles. The molecule has 0 aliphatic rings. The molecule has 0 aliphatic carbocycles. The first kappa shape index (κ1) is 19.9. The van der Waals surface area contributed by atoms with Gasteiger partial charge in [-0.3, -0.25) is 15.5 Å². The van der Waals surface area contributed by atoms with Crippen molar-refractivity contribution in [1.29, 1.82) is 0 Å². The van der Waals surface area contributed by atoms with Gasteiger partial charge in [0.25, 0.3) is 5.69 Å². The number of nitrogens with one attached hydrogen (secondary N) is 1. The van der Waals surface area contributed by atoms with E-state index in [-0.39, 0.29) is 11.4 Å². The molecule has 0 fully saturated rings. The van der Waals surface area contributed by atoms with E-state index in [0.29, 0.717) is 27.2 Å². The zero-order valence-corrected chi connectivity index (χ0v) is 16.8. The van der Waals surface area contributed by atoms with Gasteiger partial charge in [0.15, 0.2) is 0 Å². The average Bonchev–Trinajstić information content (AvgIpc) is 2.67. The smallest absolute Gasteiger partial charge is 0.269 e. The van der Waals surface area contributed by atoms with Crippen LogP contribution in [0, 0.1) is 10.1 Å². The Kier molecular flexibility index (Phi) is 6.28. The van der Waals surface area contributed by atoms with Crippen LogP contribution in [0.15, 0.2) is 70.2 Å². The number of hydrazone groups is 1. The minimum atomic E-state index is -0.465. The number of nitrogens with zero attached hydrogens (tertiary/aromatic N) is 2. The second kappa shape index (κ2) is 8.86. The van der Waals surface area contributed by atoms with E-state index in [1.54, 1.807) is 12.1 Å². The first-order valence-corrected chi connectivity index (χ1v) is 9.39. The number of nitro groups is 1. The van der Waals surface area contributed by atoms with Crippen molar-refractivity contribution < 1.29 is 10.0 Å². The zero-order valence-electron chi connectivity index (χ0n) is 14.5. The Labute approximate surface area is 174 Å². The number of nitro benzene ring substituents is 1. The van der Waals surface area contributed by atoms with Crippen LogP contribution >= 0.6 is 27.5 Å². The number of halogens is 2. The van der Waals surface area contributed by atoms with E-state index in [9.17, 15) is 15.2 Å². The number of hydrogen-bond donors (Lipinski definition) is 2. The molecule has 0 bridgehead atoms. The lowest BCUT2D eigenvalue weighted by molar-refractivity contribution is -0.384. The Morgan fingerprint density at radius 1 is 1.18 bits per heavy atom. The number of rotatable bonds is 6. The summed E-state index contributed by atoms with van der Waals surface area (Å²) in [5.74, 6) is 0.0668. The van der Waals surface area contributed by atoms with Crippen LogP contribution in [0.25, 0.3) is 0 Å². The lowest BCUT2D eigenvalue weighted by Crippen LogP contribution is -1.95. The Hall–Kier alpha value is -2.90. The first-order valence-electron chi connectivity index (χ1n) is 8.22. The van der Waals surface area contributed by atoms with Gasteiger partial charge < -0.3 is 5.11 Å². The SMILES string of the molecule is O=[N+]([O-])c1ccc(NN=Cc2cc(Cc3ccccc3Cl)cc(Br)c2O)cc1. The van der Waals surface area contributed by atoms with Gasteiger partial charge >= 0.3 is 0 Å². The maximum atomic E-state index is 10.7. The maximum absolute atomic E-state index is 10.7. The van der Waals surface area contributed by atoms with Crippen LogP contribution in [0.1, 0.15) is 16.7 Å². The Balaban J connectivity index is 1.77. The van der Waals surface area contributed by atoms with Crippen LogP contribution in [-0.2, 0) is 6.42 Å². The van der Waals surface area contributed by atoms with E-state index in [4.69, 9.17) is 11.6 Å². The number of benzene rings is 3. The molecule has 0 saturated carbocycles. The van der Waals surface area contributed by atoms with Gasteiger partial charge in [-0.05, 0) is 63.8 Å². The average molecular weight is 461 g/mol. The molecule has 0 radical (unpaired) electrons. The summed E-state index contributed by atoms with van der Waals surface area (Å²) in [6.07, 6.45) is 2.09. The number of hydrogen-bond acceptors (Lipinski definition) is 5. The normalized spacial score (nSPS) is 10.9. The predicted molar refractivity (Wildman–Crippen MR) is 114 cm³/mol. The highest BCUT2D eigenvalue weighted by Crippen LogP contribution is 2.30. The second-order valence-corrected chi connectivity index (χ2v) is 7.22. The minimum absolute atomic E-state index is 0.00313. The molecule has 0 aliphatic heterocycles. The van der Waals surface area contributed by atoms with Gasteiger partial charge in [-0.2, -0.15) is 5.10 Å². The van der Waals surface area contributed by atoms with Gasteiger partial charge in [-0.15, -0.1) is 0 Å². The lowest BCUT2D eigenvalue weighted by Gasteiger charge is -2.09. The summed E-state index contributed by atoms with van der Waals surface area (Å²) in [6.45, 7) is 0. The van der Waals surface area contributed by atoms with Crippen molar-refractivity contribution in [3.8, 4) is 5.75 Å². The predicted octanol–water partition coefficient (Wildman–Crippen LogP) is 5.75. The van der Waals surface area contributed by atoms with E-state index >= 15 is 0 Å². The summed E-state index contributed by atoms with van der Waals surface area (Å²) in [5, 5.41) is 25.7. The van der Waals surface area contributed by atoms with E-state index in [2.05, 4.69) is 26.5 Å². The van der Waals surface area contributed by atoms with Crippen molar-refractivity contribution in [3.63, 3.8) is 0 Å². The molecule has 3 aromatic rings. The maximum Gasteiger partial charge on any atom is 0.269 e. The molecule has 0 spiro atoms. The van der Waals surface area contributed by atoms with Gasteiger partial charge in [0.1, 0.15) is 5.75 Å². The van der Waals surface area contributed by atoms with E-state index in [1.807, 2.05) is 36.4 Å². The molecule has 0 saturated heterocycles. The van der Waals surface area contributed by atoms with Crippen molar-refractivity contribution in [2.24, 2.45) is 5.10 Å².